The SMILES string of the molecule is Nc1ccc(CC(=O)N2CCN(c3ccc(Br)cn3)CC2)nc1. The molecule has 0 atom stereocenters. The number of carbonyl (C=O) groups excluding carboxylic acids is 1. The Morgan fingerprint density at radius 1 is 1.09 bits per heavy atom. The number of nitrogens with zero attached hydrogens (tertiary/aromatic N) is 4. The van der Waals surface area contributed by atoms with Crippen LogP contribution in [0.2, 0.25) is 0 Å². The molecule has 23 heavy (non-hydrogen) atoms. The van der Waals surface area contributed by atoms with Gasteiger partial charge in [-0.3, -0.25) is 9.78 Å². The third kappa shape index (κ3) is 3.98. The van der Waals surface area contributed by atoms with Crippen LogP contribution in [-0.4, -0.2) is 47.0 Å². The molecule has 0 unspecified atom stereocenters. The van der Waals surface area contributed by atoms with E-state index in [1.165, 1.54) is 0 Å². The van der Waals surface area contributed by atoms with Gasteiger partial charge in [-0.2, -0.15) is 0 Å². The van der Waals surface area contributed by atoms with Crippen LogP contribution in [0.4, 0.5) is 11.5 Å². The smallest absolute Gasteiger partial charge is 0.228 e. The Labute approximate surface area is 143 Å². The van der Waals surface area contributed by atoms with Crippen molar-refractivity contribution in [1.29, 1.82) is 0 Å². The Morgan fingerprint density at radius 3 is 2.48 bits per heavy atom. The van der Waals surface area contributed by atoms with Gasteiger partial charge < -0.3 is 15.5 Å². The van der Waals surface area contributed by atoms with Gasteiger partial charge in [0.25, 0.3) is 0 Å². The van der Waals surface area contributed by atoms with E-state index in [1.807, 2.05) is 17.0 Å². The second-order valence-corrected chi connectivity index (χ2v) is 6.38. The van der Waals surface area contributed by atoms with E-state index in [9.17, 15) is 4.79 Å². The topological polar surface area (TPSA) is 75.4 Å². The lowest BCUT2D eigenvalue weighted by Crippen LogP contribution is -2.49. The number of amides is 1. The molecule has 0 bridgehead atoms. The highest BCUT2D eigenvalue weighted by atomic mass is 79.9. The molecule has 1 amide bonds. The van der Waals surface area contributed by atoms with E-state index in [1.54, 1.807) is 24.5 Å². The van der Waals surface area contributed by atoms with Gasteiger partial charge in [-0.15, -0.1) is 0 Å². The molecule has 6 nitrogen and oxygen atoms in total. The Bertz CT molecular complexity index is 666. The molecule has 2 N–H and O–H groups in total. The van der Waals surface area contributed by atoms with E-state index < -0.39 is 0 Å². The molecular weight excluding hydrogens is 358 g/mol. The van der Waals surface area contributed by atoms with Crippen molar-refractivity contribution < 1.29 is 4.79 Å². The number of anilines is 2. The number of hydrogen-bond acceptors (Lipinski definition) is 5. The summed E-state index contributed by atoms with van der Waals surface area (Å²) >= 11 is 3.39. The molecule has 120 valence electrons. The second-order valence-electron chi connectivity index (χ2n) is 5.46. The van der Waals surface area contributed by atoms with Crippen LogP contribution < -0.4 is 10.6 Å². The fourth-order valence-corrected chi connectivity index (χ4v) is 2.78. The van der Waals surface area contributed by atoms with Crippen LogP contribution in [0.5, 0.6) is 0 Å². The van der Waals surface area contributed by atoms with Crippen LogP contribution in [0.25, 0.3) is 0 Å². The number of nitrogen functional groups attached to an aromatic ring is 1. The first-order chi connectivity index (χ1) is 11.1. The molecular formula is C16H18BrN5O. The quantitative estimate of drug-likeness (QED) is 0.883. The predicted molar refractivity (Wildman–Crippen MR) is 93.1 cm³/mol. The molecule has 2 aromatic heterocycles. The molecule has 7 heteroatoms. The Balaban J connectivity index is 1.54. The van der Waals surface area contributed by atoms with Crippen molar-refractivity contribution in [2.75, 3.05) is 36.8 Å². The van der Waals surface area contributed by atoms with Gasteiger partial charge in [-0.05, 0) is 40.2 Å². The molecule has 1 aliphatic rings. The number of pyridine rings is 2. The molecule has 0 saturated carbocycles. The van der Waals surface area contributed by atoms with Crippen LogP contribution in [0.15, 0.2) is 41.1 Å². The zero-order valence-electron chi connectivity index (χ0n) is 12.7. The Hall–Kier alpha value is -2.15. The van der Waals surface area contributed by atoms with Crippen LogP contribution in [0.1, 0.15) is 5.69 Å². The number of hydrogen-bond donors (Lipinski definition) is 1. The maximum Gasteiger partial charge on any atom is 0.228 e. The van der Waals surface area contributed by atoms with Crippen molar-refractivity contribution in [3.8, 4) is 0 Å². The molecule has 3 heterocycles. The van der Waals surface area contributed by atoms with E-state index in [4.69, 9.17) is 5.73 Å². The standard InChI is InChI=1S/C16H18BrN5O/c17-12-1-4-15(20-10-12)21-5-7-22(8-6-21)16(23)9-14-3-2-13(18)11-19-14/h1-4,10-11H,5-9,18H2. The third-order valence-electron chi connectivity index (χ3n) is 3.85. The lowest BCUT2D eigenvalue weighted by Gasteiger charge is -2.35. The molecule has 1 fully saturated rings. The highest BCUT2D eigenvalue weighted by molar-refractivity contribution is 9.10. The molecule has 2 aromatic rings. The summed E-state index contributed by atoms with van der Waals surface area (Å²) in [7, 11) is 0. The molecule has 3 rings (SSSR count). The summed E-state index contributed by atoms with van der Waals surface area (Å²) in [6.45, 7) is 2.97. The van der Waals surface area contributed by atoms with Crippen molar-refractivity contribution in [3.05, 3.63) is 46.8 Å². The molecule has 0 spiro atoms. The maximum atomic E-state index is 12.4. The predicted octanol–water partition coefficient (Wildman–Crippen LogP) is 1.71. The Morgan fingerprint density at radius 2 is 1.87 bits per heavy atom. The van der Waals surface area contributed by atoms with Crippen molar-refractivity contribution in [3.63, 3.8) is 0 Å². The number of carbonyl (C=O) groups is 1. The van der Waals surface area contributed by atoms with Gasteiger partial charge >= 0.3 is 0 Å². The van der Waals surface area contributed by atoms with Gasteiger partial charge in [-0.25, -0.2) is 4.98 Å². The average molecular weight is 376 g/mol. The molecule has 1 saturated heterocycles. The van der Waals surface area contributed by atoms with Gasteiger partial charge in [0.2, 0.25) is 5.91 Å². The fraction of sp³-hybridized carbons (Fsp3) is 0.312. The molecule has 0 aromatic carbocycles. The van der Waals surface area contributed by atoms with Crippen LogP contribution in [0, 0.1) is 0 Å². The zero-order chi connectivity index (χ0) is 16.2. The van der Waals surface area contributed by atoms with Crippen molar-refractivity contribution in [2.24, 2.45) is 0 Å². The zero-order valence-corrected chi connectivity index (χ0v) is 14.2. The highest BCUT2D eigenvalue weighted by Gasteiger charge is 2.22. The second kappa shape index (κ2) is 6.95. The molecule has 1 aliphatic heterocycles. The summed E-state index contributed by atoms with van der Waals surface area (Å²) in [6, 6.07) is 7.54. The summed E-state index contributed by atoms with van der Waals surface area (Å²) in [4.78, 5) is 25.0. The summed E-state index contributed by atoms with van der Waals surface area (Å²) in [5.74, 6) is 1.05. The monoisotopic (exact) mass is 375 g/mol. The number of rotatable bonds is 3. The largest absolute Gasteiger partial charge is 0.397 e. The van der Waals surface area contributed by atoms with Gasteiger partial charge in [0.1, 0.15) is 5.82 Å². The van der Waals surface area contributed by atoms with Gasteiger partial charge in [-0.1, -0.05) is 0 Å². The minimum absolute atomic E-state index is 0.102. The fourth-order valence-electron chi connectivity index (χ4n) is 2.55. The third-order valence-corrected chi connectivity index (χ3v) is 4.32. The van der Waals surface area contributed by atoms with E-state index in [0.29, 0.717) is 25.2 Å². The summed E-state index contributed by atoms with van der Waals surface area (Å²) in [5.41, 5.74) is 6.97. The van der Waals surface area contributed by atoms with Gasteiger partial charge in [0.05, 0.1) is 18.3 Å². The normalized spacial score (nSPS) is 14.8. The van der Waals surface area contributed by atoms with E-state index in [0.717, 1.165) is 29.1 Å². The average Bonchev–Trinajstić information content (AvgIpc) is 2.58. The van der Waals surface area contributed by atoms with Crippen LogP contribution >= 0.6 is 15.9 Å². The minimum atomic E-state index is 0.102. The van der Waals surface area contributed by atoms with Gasteiger partial charge in [0, 0.05) is 42.5 Å². The first-order valence-corrected chi connectivity index (χ1v) is 8.26. The number of piperazine rings is 1. The first kappa shape index (κ1) is 15.7. The van der Waals surface area contributed by atoms with E-state index in [2.05, 4.69) is 30.8 Å². The summed E-state index contributed by atoms with van der Waals surface area (Å²) < 4.78 is 0.964. The van der Waals surface area contributed by atoms with E-state index in [-0.39, 0.29) is 5.91 Å². The summed E-state index contributed by atoms with van der Waals surface area (Å²) in [5, 5.41) is 0. The highest BCUT2D eigenvalue weighted by Crippen LogP contribution is 2.17. The van der Waals surface area contributed by atoms with Gasteiger partial charge in [0.15, 0.2) is 0 Å². The summed E-state index contributed by atoms with van der Waals surface area (Å²) in [6.07, 6.45) is 3.69. The minimum Gasteiger partial charge on any atom is -0.397 e. The van der Waals surface area contributed by atoms with Crippen LogP contribution in [-0.2, 0) is 11.2 Å². The molecule has 0 aliphatic carbocycles. The maximum absolute atomic E-state index is 12.4. The van der Waals surface area contributed by atoms with Crippen molar-refractivity contribution >= 4 is 33.3 Å². The lowest BCUT2D eigenvalue weighted by atomic mass is 10.2. The van der Waals surface area contributed by atoms with E-state index >= 15 is 0 Å². The molecule has 0 radical (unpaired) electrons. The Kier molecular flexibility index (Phi) is 4.76. The first-order valence-electron chi connectivity index (χ1n) is 7.46. The number of aromatic nitrogens is 2. The number of nitrogens with two attached hydrogens (primary N) is 1. The van der Waals surface area contributed by atoms with Crippen molar-refractivity contribution in [2.45, 2.75) is 6.42 Å². The number of halogens is 1. The van der Waals surface area contributed by atoms with Crippen LogP contribution in [0.3, 0.4) is 0 Å². The van der Waals surface area contributed by atoms with Crippen molar-refractivity contribution in [1.82, 2.24) is 14.9 Å². The lowest BCUT2D eigenvalue weighted by molar-refractivity contribution is -0.130.